The predicted molar refractivity (Wildman–Crippen MR) is 110 cm³/mol. The molecule has 3 rings (SSSR count). The molecule has 0 aliphatic carbocycles. The molecule has 0 bridgehead atoms. The Hall–Kier alpha value is -2.39. The summed E-state index contributed by atoms with van der Waals surface area (Å²) < 4.78 is 18.4. The molecule has 0 atom stereocenters. The van der Waals surface area contributed by atoms with E-state index in [1.807, 2.05) is 19.2 Å². The van der Waals surface area contributed by atoms with Gasteiger partial charge in [-0.25, -0.2) is 9.78 Å². The second kappa shape index (κ2) is 8.74. The molecule has 28 heavy (non-hydrogen) atoms. The lowest BCUT2D eigenvalue weighted by Gasteiger charge is -2.13. The highest BCUT2D eigenvalue weighted by molar-refractivity contribution is 9.10. The van der Waals surface area contributed by atoms with Gasteiger partial charge in [0.2, 0.25) is 0 Å². The SMILES string of the molecule is CCCOc1c(Br)cc(C(=O)OCc2cc(=O)n3c(C)csc3n2)cc1OC. The molecule has 0 aliphatic rings. The minimum atomic E-state index is -0.551. The van der Waals surface area contributed by atoms with E-state index in [4.69, 9.17) is 14.2 Å². The molecule has 1 aromatic carbocycles. The Bertz CT molecular complexity index is 1080. The number of carbonyl (C=O) groups excluding carboxylic acids is 1. The van der Waals surface area contributed by atoms with Crippen LogP contribution in [0.25, 0.3) is 4.96 Å². The number of carbonyl (C=O) groups is 1. The standard InChI is InChI=1S/C19H19BrN2O5S/c1-4-5-26-17-14(20)6-12(7-15(17)25-3)18(24)27-9-13-8-16(23)22-11(2)10-28-19(22)21-13/h6-8,10H,4-5,9H2,1-3H3. The zero-order valence-electron chi connectivity index (χ0n) is 15.7. The minimum absolute atomic E-state index is 0.102. The number of aromatic nitrogens is 2. The number of benzene rings is 1. The van der Waals surface area contributed by atoms with Crippen molar-refractivity contribution in [2.45, 2.75) is 26.9 Å². The Labute approximate surface area is 174 Å². The minimum Gasteiger partial charge on any atom is -0.493 e. The van der Waals surface area contributed by atoms with E-state index in [1.165, 1.54) is 28.9 Å². The zero-order valence-corrected chi connectivity index (χ0v) is 18.1. The second-order valence-corrected chi connectivity index (χ2v) is 7.69. The third-order valence-corrected chi connectivity index (χ3v) is 5.43. The molecular formula is C19H19BrN2O5S. The van der Waals surface area contributed by atoms with Crippen LogP contribution in [-0.2, 0) is 11.3 Å². The van der Waals surface area contributed by atoms with Crippen LogP contribution in [-0.4, -0.2) is 29.1 Å². The Kier molecular flexibility index (Phi) is 6.35. The molecule has 0 spiro atoms. The summed E-state index contributed by atoms with van der Waals surface area (Å²) in [6, 6.07) is 4.55. The van der Waals surface area contributed by atoms with Gasteiger partial charge in [0.05, 0.1) is 29.4 Å². The van der Waals surface area contributed by atoms with Gasteiger partial charge >= 0.3 is 5.97 Å². The monoisotopic (exact) mass is 466 g/mol. The van der Waals surface area contributed by atoms with Crippen molar-refractivity contribution >= 4 is 38.2 Å². The lowest BCUT2D eigenvalue weighted by molar-refractivity contribution is 0.0467. The molecule has 0 aliphatic heterocycles. The first kappa shape index (κ1) is 20.3. The fraction of sp³-hybridized carbons (Fsp3) is 0.316. The lowest BCUT2D eigenvalue weighted by Crippen LogP contribution is -2.16. The maximum atomic E-state index is 12.5. The molecule has 0 saturated carbocycles. The van der Waals surface area contributed by atoms with Crippen molar-refractivity contribution in [3.8, 4) is 11.5 Å². The molecule has 0 unspecified atom stereocenters. The third-order valence-electron chi connectivity index (χ3n) is 3.90. The predicted octanol–water partition coefficient (Wildman–Crippen LogP) is 3.98. The number of aryl methyl sites for hydroxylation is 1. The van der Waals surface area contributed by atoms with Crippen molar-refractivity contribution in [1.29, 1.82) is 0 Å². The first-order valence-electron chi connectivity index (χ1n) is 8.58. The molecule has 148 valence electrons. The maximum absolute atomic E-state index is 12.5. The van der Waals surface area contributed by atoms with Crippen LogP contribution in [0.1, 0.15) is 35.1 Å². The Morgan fingerprint density at radius 3 is 2.82 bits per heavy atom. The van der Waals surface area contributed by atoms with Crippen LogP contribution in [0, 0.1) is 6.92 Å². The van der Waals surface area contributed by atoms with Gasteiger partial charge in [-0.3, -0.25) is 9.20 Å². The molecule has 9 heteroatoms. The lowest BCUT2D eigenvalue weighted by atomic mass is 10.2. The topological polar surface area (TPSA) is 79.1 Å². The van der Waals surface area contributed by atoms with Crippen molar-refractivity contribution in [1.82, 2.24) is 9.38 Å². The van der Waals surface area contributed by atoms with Gasteiger partial charge in [0.25, 0.3) is 5.56 Å². The summed E-state index contributed by atoms with van der Waals surface area (Å²) in [6.07, 6.45) is 0.848. The third kappa shape index (κ3) is 4.20. The second-order valence-electron chi connectivity index (χ2n) is 5.99. The number of rotatable bonds is 7. The van der Waals surface area contributed by atoms with E-state index >= 15 is 0 Å². The smallest absolute Gasteiger partial charge is 0.338 e. The van der Waals surface area contributed by atoms with Crippen LogP contribution in [0.3, 0.4) is 0 Å². The van der Waals surface area contributed by atoms with Crippen LogP contribution in [0.4, 0.5) is 0 Å². The van der Waals surface area contributed by atoms with E-state index in [-0.39, 0.29) is 12.2 Å². The molecule has 0 saturated heterocycles. The first-order chi connectivity index (χ1) is 13.4. The van der Waals surface area contributed by atoms with Gasteiger partial charge in [0.15, 0.2) is 16.5 Å². The fourth-order valence-corrected chi connectivity index (χ4v) is 4.03. The van der Waals surface area contributed by atoms with Gasteiger partial charge in [-0.1, -0.05) is 6.92 Å². The quantitative estimate of drug-likeness (QED) is 0.489. The summed E-state index contributed by atoms with van der Waals surface area (Å²) in [5, 5.41) is 1.85. The number of esters is 1. The maximum Gasteiger partial charge on any atom is 0.338 e. The van der Waals surface area contributed by atoms with E-state index in [2.05, 4.69) is 20.9 Å². The normalized spacial score (nSPS) is 10.9. The average molecular weight is 467 g/mol. The summed E-state index contributed by atoms with van der Waals surface area (Å²) >= 11 is 4.77. The molecule has 7 nitrogen and oxygen atoms in total. The molecule has 2 heterocycles. The van der Waals surface area contributed by atoms with Crippen molar-refractivity contribution in [2.75, 3.05) is 13.7 Å². The van der Waals surface area contributed by atoms with Crippen LogP contribution < -0.4 is 15.0 Å². The van der Waals surface area contributed by atoms with Crippen LogP contribution in [0.15, 0.2) is 32.8 Å². The fourth-order valence-electron chi connectivity index (χ4n) is 2.58. The van der Waals surface area contributed by atoms with Crippen LogP contribution in [0.5, 0.6) is 11.5 Å². The van der Waals surface area contributed by atoms with Crippen molar-refractivity contribution < 1.29 is 19.0 Å². The summed E-state index contributed by atoms with van der Waals surface area (Å²) in [6.45, 7) is 4.27. The number of halogens is 1. The van der Waals surface area contributed by atoms with Gasteiger partial charge in [-0.2, -0.15) is 0 Å². The van der Waals surface area contributed by atoms with Gasteiger partial charge < -0.3 is 14.2 Å². The molecule has 3 aromatic rings. The average Bonchev–Trinajstić information content (AvgIpc) is 3.05. The van der Waals surface area contributed by atoms with E-state index in [0.717, 1.165) is 12.1 Å². The van der Waals surface area contributed by atoms with Crippen molar-refractivity contribution in [3.05, 3.63) is 55.4 Å². The number of thiazole rings is 1. The summed E-state index contributed by atoms with van der Waals surface area (Å²) in [4.78, 5) is 29.6. The van der Waals surface area contributed by atoms with Crippen molar-refractivity contribution in [3.63, 3.8) is 0 Å². The number of hydrogen-bond acceptors (Lipinski definition) is 7. The van der Waals surface area contributed by atoms with E-state index in [9.17, 15) is 9.59 Å². The summed E-state index contributed by atoms with van der Waals surface area (Å²) in [7, 11) is 1.51. The Balaban J connectivity index is 1.78. The highest BCUT2D eigenvalue weighted by atomic mass is 79.9. The summed E-state index contributed by atoms with van der Waals surface area (Å²) in [5.41, 5.74) is 1.33. The van der Waals surface area contributed by atoms with Crippen LogP contribution in [0.2, 0.25) is 0 Å². The van der Waals surface area contributed by atoms with Gasteiger partial charge in [-0.15, -0.1) is 11.3 Å². The number of methoxy groups -OCH3 is 1. The first-order valence-corrected chi connectivity index (χ1v) is 10.3. The molecule has 0 amide bonds. The van der Waals surface area contributed by atoms with Crippen molar-refractivity contribution in [2.24, 2.45) is 0 Å². The van der Waals surface area contributed by atoms with E-state index in [1.54, 1.807) is 12.1 Å². The number of nitrogens with zero attached hydrogens (tertiary/aromatic N) is 2. The zero-order chi connectivity index (χ0) is 20.3. The Morgan fingerprint density at radius 2 is 2.11 bits per heavy atom. The molecular weight excluding hydrogens is 448 g/mol. The number of fused-ring (bicyclic) bond motifs is 1. The summed E-state index contributed by atoms with van der Waals surface area (Å²) in [5.74, 6) is 0.418. The number of hydrogen-bond donors (Lipinski definition) is 0. The molecule has 0 radical (unpaired) electrons. The largest absolute Gasteiger partial charge is 0.493 e. The Morgan fingerprint density at radius 1 is 1.32 bits per heavy atom. The van der Waals surface area contributed by atoms with E-state index < -0.39 is 5.97 Å². The van der Waals surface area contributed by atoms with Gasteiger partial charge in [0.1, 0.15) is 6.61 Å². The highest BCUT2D eigenvalue weighted by Crippen LogP contribution is 2.37. The molecule has 0 fully saturated rings. The van der Waals surface area contributed by atoms with Crippen LogP contribution >= 0.6 is 27.3 Å². The van der Waals surface area contributed by atoms with Gasteiger partial charge in [0, 0.05) is 17.1 Å². The number of ether oxygens (including phenoxy) is 3. The highest BCUT2D eigenvalue weighted by Gasteiger charge is 2.17. The van der Waals surface area contributed by atoms with E-state index in [0.29, 0.717) is 38.8 Å². The molecule has 2 aromatic heterocycles. The molecule has 0 N–H and O–H groups in total. The van der Waals surface area contributed by atoms with Gasteiger partial charge in [-0.05, 0) is 41.4 Å².